The normalized spacial score (nSPS) is 11.0. The van der Waals surface area contributed by atoms with Crippen LogP contribution < -0.4 is 10.1 Å². The molecular formula is C19H21NO6S. The van der Waals surface area contributed by atoms with Gasteiger partial charge in [0, 0.05) is 11.8 Å². The molecular weight excluding hydrogens is 370 g/mol. The van der Waals surface area contributed by atoms with Gasteiger partial charge in [0.2, 0.25) is 5.91 Å². The maximum atomic E-state index is 12.1. The van der Waals surface area contributed by atoms with Crippen LogP contribution in [0, 0.1) is 0 Å². The summed E-state index contributed by atoms with van der Waals surface area (Å²) in [5.74, 6) is -2.49. The molecule has 2 N–H and O–H groups in total. The van der Waals surface area contributed by atoms with Crippen molar-refractivity contribution in [3.63, 3.8) is 0 Å². The van der Waals surface area contributed by atoms with Crippen molar-refractivity contribution >= 4 is 27.4 Å². The van der Waals surface area contributed by atoms with Crippen molar-refractivity contribution in [3.8, 4) is 5.75 Å². The van der Waals surface area contributed by atoms with E-state index in [0.717, 1.165) is 5.56 Å². The first kappa shape index (κ1) is 20.4. The fourth-order valence-corrected chi connectivity index (χ4v) is 3.76. The van der Waals surface area contributed by atoms with E-state index in [2.05, 4.69) is 5.32 Å². The molecule has 27 heavy (non-hydrogen) atoms. The molecule has 0 bridgehead atoms. The van der Waals surface area contributed by atoms with Gasteiger partial charge in [-0.25, -0.2) is 13.2 Å². The van der Waals surface area contributed by atoms with Crippen LogP contribution in [-0.2, 0) is 21.1 Å². The number of anilines is 1. The summed E-state index contributed by atoms with van der Waals surface area (Å²) in [5, 5.41) is 11.5. The van der Waals surface area contributed by atoms with E-state index in [1.807, 2.05) is 30.3 Å². The number of nitrogens with one attached hydrogen (secondary N) is 1. The Bertz CT molecular complexity index is 909. The van der Waals surface area contributed by atoms with E-state index in [0.29, 0.717) is 12.8 Å². The molecule has 8 heteroatoms. The van der Waals surface area contributed by atoms with Gasteiger partial charge in [-0.1, -0.05) is 30.3 Å². The number of carboxylic acids is 1. The molecule has 0 heterocycles. The van der Waals surface area contributed by atoms with Crippen LogP contribution in [0.25, 0.3) is 0 Å². The summed E-state index contributed by atoms with van der Waals surface area (Å²) >= 11 is 0. The average molecular weight is 391 g/mol. The molecule has 0 saturated heterocycles. The maximum Gasteiger partial charge on any atom is 0.339 e. The monoisotopic (exact) mass is 391 g/mol. The second kappa shape index (κ2) is 9.18. The van der Waals surface area contributed by atoms with Crippen molar-refractivity contribution in [2.45, 2.75) is 12.8 Å². The third-order valence-electron chi connectivity index (χ3n) is 3.83. The highest BCUT2D eigenvalue weighted by Crippen LogP contribution is 2.23. The summed E-state index contributed by atoms with van der Waals surface area (Å²) in [6.07, 6.45) is 1.05. The first-order valence-corrected chi connectivity index (χ1v) is 10.1. The molecule has 2 aromatic carbocycles. The number of carboxylic acid groups (broad SMARTS) is 1. The minimum atomic E-state index is -3.55. The van der Waals surface area contributed by atoms with E-state index in [1.54, 1.807) is 0 Å². The van der Waals surface area contributed by atoms with Gasteiger partial charge < -0.3 is 15.2 Å². The van der Waals surface area contributed by atoms with Gasteiger partial charge in [0.1, 0.15) is 17.1 Å². The van der Waals surface area contributed by atoms with Gasteiger partial charge in [-0.3, -0.25) is 4.79 Å². The summed E-state index contributed by atoms with van der Waals surface area (Å²) in [4.78, 5) is 23.1. The van der Waals surface area contributed by atoms with E-state index in [1.165, 1.54) is 25.3 Å². The quantitative estimate of drug-likeness (QED) is 0.679. The van der Waals surface area contributed by atoms with Crippen molar-refractivity contribution < 1.29 is 27.9 Å². The Kier molecular flexibility index (Phi) is 6.95. The largest absolute Gasteiger partial charge is 0.496 e. The van der Waals surface area contributed by atoms with Crippen LogP contribution in [0.2, 0.25) is 0 Å². The molecule has 0 fully saturated rings. The third-order valence-corrected chi connectivity index (χ3v) is 5.44. The van der Waals surface area contributed by atoms with Crippen molar-refractivity contribution in [1.82, 2.24) is 0 Å². The molecule has 0 unspecified atom stereocenters. The lowest BCUT2D eigenvalue weighted by atomic mass is 10.1. The molecule has 0 atom stereocenters. The van der Waals surface area contributed by atoms with Crippen molar-refractivity contribution in [1.29, 1.82) is 0 Å². The number of aryl methyl sites for hydroxylation is 1. The molecule has 144 valence electrons. The number of sulfone groups is 1. The Morgan fingerprint density at radius 3 is 2.44 bits per heavy atom. The molecule has 7 nitrogen and oxygen atoms in total. The van der Waals surface area contributed by atoms with Crippen molar-refractivity contribution in [3.05, 3.63) is 59.7 Å². The van der Waals surface area contributed by atoms with E-state index in [4.69, 9.17) is 9.84 Å². The summed E-state index contributed by atoms with van der Waals surface area (Å²) in [6.45, 7) is 0. The van der Waals surface area contributed by atoms with Gasteiger partial charge in [0.25, 0.3) is 0 Å². The molecule has 0 saturated carbocycles. The minimum absolute atomic E-state index is 0.0518. The van der Waals surface area contributed by atoms with Gasteiger partial charge >= 0.3 is 5.97 Å². The molecule has 0 spiro atoms. The zero-order chi connectivity index (χ0) is 19.9. The predicted octanol–water partition coefficient (Wildman–Crippen LogP) is 2.38. The molecule has 0 radical (unpaired) electrons. The van der Waals surface area contributed by atoms with Crippen molar-refractivity contribution in [2.24, 2.45) is 0 Å². The molecule has 0 aromatic heterocycles. The Balaban J connectivity index is 1.91. The standard InChI is InChI=1S/C19H21NO6S/c1-26-17-12-15(9-10-16(17)19(22)23)20-18(21)13-27(24,25)11-5-8-14-6-3-2-4-7-14/h2-4,6-7,9-10,12H,5,8,11,13H2,1H3,(H,20,21)(H,22,23). The van der Waals surface area contributed by atoms with Gasteiger partial charge in [0.05, 0.1) is 12.9 Å². The van der Waals surface area contributed by atoms with E-state index in [-0.39, 0.29) is 22.8 Å². The summed E-state index contributed by atoms with van der Waals surface area (Å²) < 4.78 is 29.2. The summed E-state index contributed by atoms with van der Waals surface area (Å²) in [6, 6.07) is 13.5. The summed E-state index contributed by atoms with van der Waals surface area (Å²) in [5.41, 5.74) is 1.26. The lowest BCUT2D eigenvalue weighted by molar-refractivity contribution is -0.113. The van der Waals surface area contributed by atoms with Crippen LogP contribution in [0.15, 0.2) is 48.5 Å². The lowest BCUT2D eigenvalue weighted by Gasteiger charge is -2.10. The highest BCUT2D eigenvalue weighted by Gasteiger charge is 2.18. The first-order chi connectivity index (χ1) is 12.8. The number of carbonyl (C=O) groups excluding carboxylic acids is 1. The highest BCUT2D eigenvalue weighted by molar-refractivity contribution is 7.92. The van der Waals surface area contributed by atoms with Crippen LogP contribution >= 0.6 is 0 Å². The highest BCUT2D eigenvalue weighted by atomic mass is 32.2. The van der Waals surface area contributed by atoms with Crippen LogP contribution in [0.4, 0.5) is 5.69 Å². The SMILES string of the molecule is COc1cc(NC(=O)CS(=O)(=O)CCCc2ccccc2)ccc1C(=O)O. The fourth-order valence-electron chi connectivity index (χ4n) is 2.56. The number of methoxy groups -OCH3 is 1. The number of ether oxygens (including phenoxy) is 1. The number of carbonyl (C=O) groups is 2. The topological polar surface area (TPSA) is 110 Å². The van der Waals surface area contributed by atoms with Gasteiger partial charge in [0.15, 0.2) is 9.84 Å². The fraction of sp³-hybridized carbons (Fsp3) is 0.263. The Labute approximate surface area is 157 Å². The minimum Gasteiger partial charge on any atom is -0.496 e. The zero-order valence-electron chi connectivity index (χ0n) is 14.8. The Morgan fingerprint density at radius 2 is 1.81 bits per heavy atom. The number of rotatable bonds is 9. The third kappa shape index (κ3) is 6.41. The smallest absolute Gasteiger partial charge is 0.339 e. The molecule has 0 aliphatic rings. The second-order valence-corrected chi connectivity index (χ2v) is 8.13. The molecule has 2 aromatic rings. The van der Waals surface area contributed by atoms with Crippen LogP contribution in [0.5, 0.6) is 5.75 Å². The van der Waals surface area contributed by atoms with Crippen LogP contribution in [0.1, 0.15) is 22.3 Å². The van der Waals surface area contributed by atoms with E-state index in [9.17, 15) is 18.0 Å². The first-order valence-electron chi connectivity index (χ1n) is 8.26. The van der Waals surface area contributed by atoms with Crippen molar-refractivity contribution in [2.75, 3.05) is 23.9 Å². The number of hydrogen-bond acceptors (Lipinski definition) is 5. The molecule has 1 amide bonds. The number of benzene rings is 2. The van der Waals surface area contributed by atoms with Crippen LogP contribution in [-0.4, -0.2) is 44.0 Å². The lowest BCUT2D eigenvalue weighted by Crippen LogP contribution is -2.25. The number of hydrogen-bond donors (Lipinski definition) is 2. The van der Waals surface area contributed by atoms with Gasteiger partial charge in [-0.2, -0.15) is 0 Å². The Morgan fingerprint density at radius 1 is 1.11 bits per heavy atom. The van der Waals surface area contributed by atoms with Gasteiger partial charge in [-0.15, -0.1) is 0 Å². The van der Waals surface area contributed by atoms with Gasteiger partial charge in [-0.05, 0) is 30.5 Å². The summed E-state index contributed by atoms with van der Waals surface area (Å²) in [7, 11) is -2.24. The number of aromatic carboxylic acids is 1. The van der Waals surface area contributed by atoms with E-state index < -0.39 is 27.5 Å². The van der Waals surface area contributed by atoms with Crippen LogP contribution in [0.3, 0.4) is 0 Å². The Hall–Kier alpha value is -2.87. The second-order valence-electron chi connectivity index (χ2n) is 5.95. The average Bonchev–Trinajstić information content (AvgIpc) is 2.61. The maximum absolute atomic E-state index is 12.1. The molecule has 0 aliphatic heterocycles. The molecule has 2 rings (SSSR count). The zero-order valence-corrected chi connectivity index (χ0v) is 15.7. The molecule has 0 aliphatic carbocycles. The predicted molar refractivity (Wildman–Crippen MR) is 102 cm³/mol. The van der Waals surface area contributed by atoms with E-state index >= 15 is 0 Å². The number of amides is 1.